The monoisotopic (exact) mass is 349 g/mol. The highest BCUT2D eigenvalue weighted by Gasteiger charge is 2.14. The lowest BCUT2D eigenvalue weighted by Gasteiger charge is -2.12. The summed E-state index contributed by atoms with van der Waals surface area (Å²) < 4.78 is 0.999. The van der Waals surface area contributed by atoms with Crippen LogP contribution in [0.2, 0.25) is 0 Å². The maximum absolute atomic E-state index is 12.0. The van der Waals surface area contributed by atoms with Crippen molar-refractivity contribution in [1.82, 2.24) is 5.32 Å². The van der Waals surface area contributed by atoms with E-state index in [-0.39, 0.29) is 11.2 Å². The van der Waals surface area contributed by atoms with E-state index in [0.29, 0.717) is 13.0 Å². The van der Waals surface area contributed by atoms with Gasteiger partial charge in [0.05, 0.1) is 5.25 Å². The van der Waals surface area contributed by atoms with Crippen LogP contribution < -0.4 is 5.32 Å². The van der Waals surface area contributed by atoms with Gasteiger partial charge in [-0.25, -0.2) is 0 Å². The molecule has 2 aromatic carbocycles. The molecule has 0 aliphatic rings. The van der Waals surface area contributed by atoms with E-state index in [9.17, 15) is 4.79 Å². The molecular weight excluding hydrogens is 334 g/mol. The van der Waals surface area contributed by atoms with Gasteiger partial charge in [-0.05, 0) is 23.6 Å². The molecule has 2 nitrogen and oxygen atoms in total. The van der Waals surface area contributed by atoms with Crippen LogP contribution in [0.1, 0.15) is 11.1 Å². The van der Waals surface area contributed by atoms with Crippen LogP contribution in [0.4, 0.5) is 0 Å². The molecule has 0 aliphatic heterocycles. The van der Waals surface area contributed by atoms with Crippen LogP contribution in [0.25, 0.3) is 0 Å². The Hall–Kier alpha value is -1.26. The highest BCUT2D eigenvalue weighted by Crippen LogP contribution is 2.15. The quantitative estimate of drug-likeness (QED) is 0.793. The van der Waals surface area contributed by atoms with E-state index in [1.807, 2.05) is 54.6 Å². The number of halogens is 1. The van der Waals surface area contributed by atoms with E-state index in [1.54, 1.807) is 0 Å². The Morgan fingerprint density at radius 2 is 1.75 bits per heavy atom. The molecule has 1 unspecified atom stereocenters. The van der Waals surface area contributed by atoms with Gasteiger partial charge in [0.1, 0.15) is 0 Å². The van der Waals surface area contributed by atoms with Crippen molar-refractivity contribution >= 4 is 34.5 Å². The predicted molar refractivity (Wildman–Crippen MR) is 88.9 cm³/mol. The Morgan fingerprint density at radius 3 is 2.45 bits per heavy atom. The number of thiol groups is 1. The summed E-state index contributed by atoms with van der Waals surface area (Å²) in [6, 6.07) is 17.8. The van der Waals surface area contributed by atoms with E-state index in [4.69, 9.17) is 0 Å². The van der Waals surface area contributed by atoms with Gasteiger partial charge in [-0.2, -0.15) is 12.6 Å². The normalized spacial score (nSPS) is 11.9. The third-order valence-corrected chi connectivity index (χ3v) is 4.18. The Balaban J connectivity index is 1.87. The predicted octanol–water partition coefficient (Wildman–Crippen LogP) is 3.61. The Kier molecular flexibility index (Phi) is 5.68. The number of hydrogen-bond donors (Lipinski definition) is 2. The molecule has 0 heterocycles. The number of carbonyl (C=O) groups excluding carboxylic acids is 1. The minimum absolute atomic E-state index is 0.0482. The smallest absolute Gasteiger partial charge is 0.233 e. The number of rotatable bonds is 5. The molecule has 2 rings (SSSR count). The fraction of sp³-hybridized carbons (Fsp3) is 0.188. The molecule has 4 heteroatoms. The number of benzene rings is 2. The molecule has 2 aromatic rings. The van der Waals surface area contributed by atoms with Crippen molar-refractivity contribution in [2.75, 3.05) is 0 Å². The molecule has 1 atom stereocenters. The minimum atomic E-state index is -0.333. The lowest BCUT2D eigenvalue weighted by atomic mass is 10.1. The highest BCUT2D eigenvalue weighted by molar-refractivity contribution is 9.10. The van der Waals surface area contributed by atoms with Gasteiger partial charge in [0.15, 0.2) is 0 Å². The summed E-state index contributed by atoms with van der Waals surface area (Å²) in [5.74, 6) is -0.0482. The molecule has 0 radical (unpaired) electrons. The molecule has 1 amide bonds. The topological polar surface area (TPSA) is 29.1 Å². The van der Waals surface area contributed by atoms with Crippen LogP contribution in [0.15, 0.2) is 59.1 Å². The molecule has 0 bridgehead atoms. The number of amides is 1. The van der Waals surface area contributed by atoms with E-state index < -0.39 is 0 Å². The largest absolute Gasteiger partial charge is 0.351 e. The minimum Gasteiger partial charge on any atom is -0.351 e. The number of hydrogen-bond acceptors (Lipinski definition) is 2. The van der Waals surface area contributed by atoms with Crippen LogP contribution in [0, 0.1) is 0 Å². The summed E-state index contributed by atoms with van der Waals surface area (Å²) >= 11 is 7.85. The zero-order chi connectivity index (χ0) is 14.4. The van der Waals surface area contributed by atoms with Gasteiger partial charge in [-0.1, -0.05) is 64.5 Å². The average molecular weight is 350 g/mol. The summed E-state index contributed by atoms with van der Waals surface area (Å²) in [7, 11) is 0. The van der Waals surface area contributed by atoms with Crippen molar-refractivity contribution in [1.29, 1.82) is 0 Å². The van der Waals surface area contributed by atoms with Crippen molar-refractivity contribution in [2.45, 2.75) is 18.2 Å². The number of nitrogens with one attached hydrogen (secondary N) is 1. The molecule has 0 saturated carbocycles. The first-order valence-corrected chi connectivity index (χ1v) is 7.71. The van der Waals surface area contributed by atoms with Gasteiger partial charge < -0.3 is 5.32 Å². The molecule has 20 heavy (non-hydrogen) atoms. The first kappa shape index (κ1) is 15.1. The molecule has 0 aromatic heterocycles. The second-order valence-electron chi connectivity index (χ2n) is 4.51. The fourth-order valence-electron chi connectivity index (χ4n) is 1.87. The van der Waals surface area contributed by atoms with E-state index in [0.717, 1.165) is 15.6 Å². The van der Waals surface area contributed by atoms with Gasteiger partial charge in [0.2, 0.25) is 5.91 Å². The lowest BCUT2D eigenvalue weighted by molar-refractivity contribution is -0.120. The van der Waals surface area contributed by atoms with Gasteiger partial charge in [-0.15, -0.1) is 0 Å². The van der Waals surface area contributed by atoms with Crippen LogP contribution in [0.5, 0.6) is 0 Å². The standard InChI is InChI=1S/C16H16BrNOS/c17-14-9-5-4-8-13(14)11-18-16(19)15(20)10-12-6-2-1-3-7-12/h1-9,15,20H,10-11H2,(H,18,19). The second kappa shape index (κ2) is 7.50. The Bertz CT molecular complexity index is 574. The first-order valence-electron chi connectivity index (χ1n) is 6.40. The van der Waals surface area contributed by atoms with Gasteiger partial charge in [0.25, 0.3) is 0 Å². The van der Waals surface area contributed by atoms with Crippen molar-refractivity contribution in [2.24, 2.45) is 0 Å². The average Bonchev–Trinajstić information content (AvgIpc) is 2.47. The third-order valence-electron chi connectivity index (χ3n) is 2.99. The Morgan fingerprint density at radius 1 is 1.10 bits per heavy atom. The maximum atomic E-state index is 12.0. The summed E-state index contributed by atoms with van der Waals surface area (Å²) in [6.45, 7) is 0.506. The molecule has 0 fully saturated rings. The molecule has 0 saturated heterocycles. The van der Waals surface area contributed by atoms with E-state index in [2.05, 4.69) is 33.9 Å². The summed E-state index contributed by atoms with van der Waals surface area (Å²) in [5, 5.41) is 2.58. The summed E-state index contributed by atoms with van der Waals surface area (Å²) in [6.07, 6.45) is 0.631. The van der Waals surface area contributed by atoms with Crippen molar-refractivity contribution in [3.05, 3.63) is 70.2 Å². The second-order valence-corrected chi connectivity index (χ2v) is 5.99. The third kappa shape index (κ3) is 4.39. The van der Waals surface area contributed by atoms with E-state index >= 15 is 0 Å². The highest BCUT2D eigenvalue weighted by atomic mass is 79.9. The summed E-state index contributed by atoms with van der Waals surface area (Å²) in [4.78, 5) is 12.0. The van der Waals surface area contributed by atoms with Crippen LogP contribution >= 0.6 is 28.6 Å². The van der Waals surface area contributed by atoms with Crippen molar-refractivity contribution in [3.8, 4) is 0 Å². The molecule has 0 aliphatic carbocycles. The first-order chi connectivity index (χ1) is 9.66. The SMILES string of the molecule is O=C(NCc1ccccc1Br)C(S)Cc1ccccc1. The van der Waals surface area contributed by atoms with Crippen molar-refractivity contribution < 1.29 is 4.79 Å². The molecular formula is C16H16BrNOS. The van der Waals surface area contributed by atoms with Gasteiger partial charge >= 0.3 is 0 Å². The zero-order valence-corrected chi connectivity index (χ0v) is 13.4. The van der Waals surface area contributed by atoms with Crippen LogP contribution in [-0.4, -0.2) is 11.2 Å². The Labute approximate surface area is 133 Å². The number of carbonyl (C=O) groups is 1. The maximum Gasteiger partial charge on any atom is 0.233 e. The molecule has 104 valence electrons. The van der Waals surface area contributed by atoms with Crippen LogP contribution in [0.3, 0.4) is 0 Å². The molecule has 0 spiro atoms. The fourth-order valence-corrected chi connectivity index (χ4v) is 2.60. The van der Waals surface area contributed by atoms with Crippen LogP contribution in [-0.2, 0) is 17.8 Å². The van der Waals surface area contributed by atoms with Crippen molar-refractivity contribution in [3.63, 3.8) is 0 Å². The summed E-state index contributed by atoms with van der Waals surface area (Å²) in [5.41, 5.74) is 2.17. The molecule has 1 N–H and O–H groups in total. The van der Waals surface area contributed by atoms with E-state index in [1.165, 1.54) is 0 Å². The van der Waals surface area contributed by atoms with Gasteiger partial charge in [0, 0.05) is 11.0 Å². The lowest BCUT2D eigenvalue weighted by Crippen LogP contribution is -2.32. The zero-order valence-electron chi connectivity index (χ0n) is 10.9. The van der Waals surface area contributed by atoms with Gasteiger partial charge in [-0.3, -0.25) is 4.79 Å².